The molecule has 0 aromatic heterocycles. The molecule has 3 aromatic rings. The summed E-state index contributed by atoms with van der Waals surface area (Å²) in [6.45, 7) is 1.71. The number of aromatic hydroxyl groups is 1. The number of halogens is 3. The van der Waals surface area contributed by atoms with Crippen molar-refractivity contribution in [3.63, 3.8) is 0 Å². The summed E-state index contributed by atoms with van der Waals surface area (Å²) in [6, 6.07) is 15.6. The fourth-order valence-electron chi connectivity index (χ4n) is 7.97. The highest BCUT2D eigenvalue weighted by Gasteiger charge is 2.68. The first-order valence-corrected chi connectivity index (χ1v) is 16.0. The van der Waals surface area contributed by atoms with Crippen LogP contribution in [0.4, 0.5) is 15.8 Å². The highest BCUT2D eigenvalue weighted by molar-refractivity contribution is 14.1. The van der Waals surface area contributed by atoms with Gasteiger partial charge in [-0.2, -0.15) is 0 Å². The Kier molecular flexibility index (Phi) is 7.08. The Hall–Kier alpha value is -3.77. The maximum atomic E-state index is 14.5. The van der Waals surface area contributed by atoms with Crippen molar-refractivity contribution in [1.82, 2.24) is 0 Å². The molecule has 1 saturated carbocycles. The highest BCUT2D eigenvalue weighted by atomic mass is 127. The van der Waals surface area contributed by atoms with Crippen LogP contribution in [0.1, 0.15) is 31.2 Å². The summed E-state index contributed by atoms with van der Waals surface area (Å²) in [4.78, 5) is 58.9. The number of hydrogen-bond donors (Lipinski definition) is 1. The second kappa shape index (κ2) is 10.7. The Morgan fingerprint density at radius 3 is 2.31 bits per heavy atom. The number of methoxy groups -OCH3 is 1. The Morgan fingerprint density at radius 1 is 0.933 bits per heavy atom. The summed E-state index contributed by atoms with van der Waals surface area (Å²) in [5.74, 6) is -5.70. The lowest BCUT2D eigenvalue weighted by atomic mass is 9.51. The molecule has 2 aliphatic heterocycles. The number of rotatable bonds is 4. The molecule has 2 heterocycles. The van der Waals surface area contributed by atoms with Gasteiger partial charge in [-0.3, -0.25) is 24.1 Å². The van der Waals surface area contributed by atoms with E-state index in [4.69, 9.17) is 16.3 Å². The van der Waals surface area contributed by atoms with Gasteiger partial charge in [0, 0.05) is 21.1 Å². The maximum absolute atomic E-state index is 14.5. The number of imide groups is 2. The Bertz CT molecular complexity index is 1850. The zero-order valence-corrected chi connectivity index (χ0v) is 27.1. The van der Waals surface area contributed by atoms with Crippen LogP contribution in [0.3, 0.4) is 0 Å². The minimum Gasteiger partial charge on any atom is -0.508 e. The van der Waals surface area contributed by atoms with Gasteiger partial charge in [0.1, 0.15) is 17.3 Å². The molecule has 45 heavy (non-hydrogen) atoms. The van der Waals surface area contributed by atoms with Crippen LogP contribution in [0.5, 0.6) is 11.5 Å². The molecule has 7 rings (SSSR count). The summed E-state index contributed by atoms with van der Waals surface area (Å²) in [5, 5.41) is 11.1. The second-order valence-corrected chi connectivity index (χ2v) is 13.8. The molecule has 3 fully saturated rings. The number of phenols is 1. The average molecular weight is 741 g/mol. The van der Waals surface area contributed by atoms with E-state index < -0.39 is 52.6 Å². The van der Waals surface area contributed by atoms with E-state index in [1.54, 1.807) is 31.2 Å². The molecular weight excluding hydrogens is 714 g/mol. The molecule has 4 aliphatic rings. The lowest BCUT2D eigenvalue weighted by Gasteiger charge is -2.49. The van der Waals surface area contributed by atoms with Crippen LogP contribution in [0.2, 0.25) is 5.02 Å². The predicted molar refractivity (Wildman–Crippen MR) is 172 cm³/mol. The number of anilines is 2. The van der Waals surface area contributed by atoms with Crippen molar-refractivity contribution in [2.45, 2.75) is 25.7 Å². The molecule has 1 N–H and O–H groups in total. The fourth-order valence-corrected chi connectivity index (χ4v) is 8.50. The average Bonchev–Trinajstić information content (AvgIpc) is 3.39. The third kappa shape index (κ3) is 4.28. The summed E-state index contributed by atoms with van der Waals surface area (Å²) in [6.07, 6.45) is 2.33. The molecule has 11 heteroatoms. The fraction of sp³-hybridized carbons (Fsp3) is 0.294. The van der Waals surface area contributed by atoms with Crippen molar-refractivity contribution >= 4 is 69.2 Å². The normalized spacial score (nSPS) is 29.0. The molecule has 4 amide bonds. The van der Waals surface area contributed by atoms with Crippen LogP contribution >= 0.6 is 34.2 Å². The molecule has 0 spiro atoms. The lowest BCUT2D eigenvalue weighted by Crippen LogP contribution is -2.48. The topological polar surface area (TPSA) is 104 Å². The van der Waals surface area contributed by atoms with Crippen LogP contribution in [0, 0.1) is 38.5 Å². The van der Waals surface area contributed by atoms with Crippen LogP contribution < -0.4 is 14.5 Å². The van der Waals surface area contributed by atoms with E-state index in [1.165, 1.54) is 30.2 Å². The van der Waals surface area contributed by atoms with Gasteiger partial charge in [0.25, 0.3) is 0 Å². The molecule has 0 bridgehead atoms. The molecule has 0 radical (unpaired) electrons. The Balaban J connectivity index is 1.37. The largest absolute Gasteiger partial charge is 0.508 e. The van der Waals surface area contributed by atoms with E-state index >= 15 is 0 Å². The van der Waals surface area contributed by atoms with Crippen molar-refractivity contribution < 1.29 is 33.4 Å². The minimum absolute atomic E-state index is 0.124. The van der Waals surface area contributed by atoms with E-state index in [-0.39, 0.29) is 41.1 Å². The number of benzene rings is 3. The third-order valence-electron chi connectivity index (χ3n) is 10.1. The Labute approximate surface area is 276 Å². The first kappa shape index (κ1) is 29.9. The third-order valence-corrected chi connectivity index (χ3v) is 11.1. The van der Waals surface area contributed by atoms with Gasteiger partial charge in [0.05, 0.1) is 46.7 Å². The minimum atomic E-state index is -1.37. The van der Waals surface area contributed by atoms with Gasteiger partial charge < -0.3 is 9.84 Å². The molecule has 6 unspecified atom stereocenters. The number of phenolic OH excluding ortho intramolecular Hbond substituents is 1. The number of nitrogens with zero attached hydrogens (tertiary/aromatic N) is 2. The van der Waals surface area contributed by atoms with Crippen LogP contribution in [0.15, 0.2) is 72.3 Å². The SMILES string of the molecule is COc1ccc(C2C3=CCC4C(=O)N(c5ccc(I)cc5)C(=O)C4C3CC3C(=O)N(c4ccc(F)c(Cl)c4)C(=O)C32C)c(O)c1. The molecule has 230 valence electrons. The molecule has 8 nitrogen and oxygen atoms in total. The first-order valence-electron chi connectivity index (χ1n) is 14.5. The summed E-state index contributed by atoms with van der Waals surface area (Å²) in [5.41, 5.74) is 0.389. The molecule has 2 saturated heterocycles. The van der Waals surface area contributed by atoms with E-state index in [0.717, 1.165) is 20.1 Å². The van der Waals surface area contributed by atoms with E-state index in [0.29, 0.717) is 17.0 Å². The number of ether oxygens (including phenoxy) is 1. The molecular formula is C34H27ClFIN2O6. The number of amides is 4. The molecule has 2 aliphatic carbocycles. The van der Waals surface area contributed by atoms with Crippen LogP contribution in [-0.2, 0) is 19.2 Å². The molecule has 6 atom stereocenters. The number of carbonyl (C=O) groups excluding carboxylic acids is 4. The van der Waals surface area contributed by atoms with Gasteiger partial charge in [-0.1, -0.05) is 29.3 Å². The van der Waals surface area contributed by atoms with Gasteiger partial charge in [-0.15, -0.1) is 0 Å². The van der Waals surface area contributed by atoms with Crippen LogP contribution in [0.25, 0.3) is 0 Å². The van der Waals surface area contributed by atoms with E-state index in [1.807, 2.05) is 18.2 Å². The summed E-state index contributed by atoms with van der Waals surface area (Å²) < 4.78 is 20.3. The standard InChI is InChI=1S/C34H27ClFIN2O6/c1-34-24(31(42)39(33(34)44)18-7-12-26(36)25(35)13-18)15-23-20(29(34)21-9-8-19(45-2)14-27(21)40)10-11-22-28(23)32(43)38(30(22)41)17-5-3-16(37)4-6-17/h3-10,12-14,22-24,28-29,40H,11,15H2,1-2H3. The van der Waals surface area contributed by atoms with Crippen molar-refractivity contribution in [3.05, 3.63) is 92.3 Å². The monoisotopic (exact) mass is 740 g/mol. The van der Waals surface area contributed by atoms with E-state index in [2.05, 4.69) is 22.6 Å². The smallest absolute Gasteiger partial charge is 0.241 e. The molecule has 3 aromatic carbocycles. The number of carbonyl (C=O) groups is 4. The number of fused-ring (bicyclic) bond motifs is 4. The summed E-state index contributed by atoms with van der Waals surface area (Å²) >= 11 is 8.22. The van der Waals surface area contributed by atoms with E-state index in [9.17, 15) is 28.7 Å². The zero-order chi connectivity index (χ0) is 31.9. The maximum Gasteiger partial charge on any atom is 0.241 e. The highest BCUT2D eigenvalue weighted by Crippen LogP contribution is 2.64. The van der Waals surface area contributed by atoms with Crippen molar-refractivity contribution in [2.24, 2.45) is 29.1 Å². The first-order chi connectivity index (χ1) is 21.5. The van der Waals surface area contributed by atoms with Gasteiger partial charge in [-0.05, 0) is 96.8 Å². The van der Waals surface area contributed by atoms with Crippen molar-refractivity contribution in [2.75, 3.05) is 16.9 Å². The Morgan fingerprint density at radius 2 is 1.64 bits per heavy atom. The lowest BCUT2D eigenvalue weighted by molar-refractivity contribution is -0.131. The zero-order valence-electron chi connectivity index (χ0n) is 24.2. The van der Waals surface area contributed by atoms with Crippen LogP contribution in [-0.4, -0.2) is 35.8 Å². The second-order valence-electron chi connectivity index (χ2n) is 12.2. The number of allylic oxidation sites excluding steroid dienone is 2. The van der Waals surface area contributed by atoms with Crippen molar-refractivity contribution in [3.8, 4) is 11.5 Å². The summed E-state index contributed by atoms with van der Waals surface area (Å²) in [7, 11) is 1.47. The van der Waals surface area contributed by atoms with Gasteiger partial charge in [0.15, 0.2) is 0 Å². The quantitative estimate of drug-likeness (QED) is 0.193. The van der Waals surface area contributed by atoms with Gasteiger partial charge in [-0.25, -0.2) is 9.29 Å². The van der Waals surface area contributed by atoms with Gasteiger partial charge >= 0.3 is 0 Å². The number of hydrogen-bond acceptors (Lipinski definition) is 6. The van der Waals surface area contributed by atoms with Gasteiger partial charge in [0.2, 0.25) is 23.6 Å². The predicted octanol–water partition coefficient (Wildman–Crippen LogP) is 6.23. The van der Waals surface area contributed by atoms with Crippen molar-refractivity contribution in [1.29, 1.82) is 0 Å².